The van der Waals surface area contributed by atoms with E-state index in [4.69, 9.17) is 16.3 Å². The summed E-state index contributed by atoms with van der Waals surface area (Å²) in [4.78, 5) is 30.5. The quantitative estimate of drug-likeness (QED) is 0.339. The Morgan fingerprint density at radius 2 is 1.74 bits per heavy atom. The molecule has 3 heterocycles. The zero-order chi connectivity index (χ0) is 27.9. The summed E-state index contributed by atoms with van der Waals surface area (Å²) in [5.74, 6) is -4.86. The van der Waals surface area contributed by atoms with Crippen molar-refractivity contribution in [3.8, 4) is 11.5 Å². The van der Waals surface area contributed by atoms with Crippen molar-refractivity contribution in [2.75, 3.05) is 13.1 Å². The fourth-order valence-corrected chi connectivity index (χ4v) is 7.21. The number of sulfonamides is 1. The second-order valence-corrected chi connectivity index (χ2v) is 11.4. The van der Waals surface area contributed by atoms with Crippen molar-refractivity contribution in [2.24, 2.45) is 0 Å². The Morgan fingerprint density at radius 3 is 2.36 bits per heavy atom. The lowest BCUT2D eigenvalue weighted by molar-refractivity contribution is -0.141. The molecule has 0 saturated carbocycles. The number of halogens is 3. The standard InChI is InChI=1S/C25H21ClF2N4O6S/c26-16-1-3-18(4-2-16)38-22-20(27)11-19(12-21(22)28)39(36,37)32-17-5-8-25(32,24(34)30-35)14-31(13-17)23(33)15-6-9-29-10-7-15/h1-4,6-7,9-12,17,35H,5,8,13-14H2,(H,30,34). The third-order valence-electron chi connectivity index (χ3n) is 6.83. The van der Waals surface area contributed by atoms with Gasteiger partial charge in [0, 0.05) is 42.1 Å². The Bertz CT molecular complexity index is 1520. The van der Waals surface area contributed by atoms with Crippen LogP contribution in [0, 0.1) is 11.6 Å². The molecule has 2 fully saturated rings. The zero-order valence-electron chi connectivity index (χ0n) is 20.1. The van der Waals surface area contributed by atoms with Crippen molar-refractivity contribution in [2.45, 2.75) is 29.3 Å². The van der Waals surface area contributed by atoms with Crippen LogP contribution in [0.3, 0.4) is 0 Å². The molecule has 2 amide bonds. The third kappa shape index (κ3) is 4.71. The number of carbonyl (C=O) groups excluding carboxylic acids is 2. The van der Waals surface area contributed by atoms with Gasteiger partial charge in [-0.2, -0.15) is 4.31 Å². The molecule has 5 rings (SSSR count). The van der Waals surface area contributed by atoms with Gasteiger partial charge in [-0.25, -0.2) is 22.7 Å². The van der Waals surface area contributed by atoms with Crippen molar-refractivity contribution >= 4 is 33.4 Å². The van der Waals surface area contributed by atoms with E-state index in [1.165, 1.54) is 59.2 Å². The highest BCUT2D eigenvalue weighted by atomic mass is 35.5. The summed E-state index contributed by atoms with van der Waals surface area (Å²) < 4.78 is 63.7. The number of nitrogens with zero attached hydrogens (tertiary/aromatic N) is 3. The van der Waals surface area contributed by atoms with E-state index in [0.29, 0.717) is 17.2 Å². The molecule has 0 spiro atoms. The van der Waals surface area contributed by atoms with E-state index < -0.39 is 55.7 Å². The van der Waals surface area contributed by atoms with E-state index in [9.17, 15) is 23.2 Å². The van der Waals surface area contributed by atoms with Crippen LogP contribution in [-0.2, 0) is 14.8 Å². The van der Waals surface area contributed by atoms with Crippen LogP contribution in [-0.4, -0.2) is 64.3 Å². The molecule has 3 aromatic rings. The van der Waals surface area contributed by atoms with Gasteiger partial charge >= 0.3 is 0 Å². The van der Waals surface area contributed by atoms with Crippen LogP contribution in [0.4, 0.5) is 8.78 Å². The van der Waals surface area contributed by atoms with Gasteiger partial charge in [-0.15, -0.1) is 0 Å². The predicted octanol–water partition coefficient (Wildman–Crippen LogP) is 3.36. The van der Waals surface area contributed by atoms with Crippen molar-refractivity contribution in [1.82, 2.24) is 19.7 Å². The van der Waals surface area contributed by atoms with E-state index in [-0.39, 0.29) is 37.2 Å². The molecule has 39 heavy (non-hydrogen) atoms. The number of fused-ring (bicyclic) bond motifs is 2. The highest BCUT2D eigenvalue weighted by Crippen LogP contribution is 2.44. The number of likely N-dealkylation sites (tertiary alicyclic amines) is 1. The number of pyridine rings is 1. The summed E-state index contributed by atoms with van der Waals surface area (Å²) in [6.45, 7) is -0.470. The van der Waals surface area contributed by atoms with E-state index in [0.717, 1.165) is 4.31 Å². The molecule has 204 valence electrons. The van der Waals surface area contributed by atoms with Gasteiger partial charge in [0.15, 0.2) is 17.4 Å². The SMILES string of the molecule is O=C(c1ccncc1)N1CC2CCC(C(=O)NO)(C1)N2S(=O)(=O)c1cc(F)c(Oc2ccc(Cl)cc2)c(F)c1. The van der Waals surface area contributed by atoms with Gasteiger partial charge in [-0.3, -0.25) is 19.8 Å². The lowest BCUT2D eigenvalue weighted by atomic mass is 9.95. The molecule has 2 atom stereocenters. The van der Waals surface area contributed by atoms with Crippen molar-refractivity contribution in [3.63, 3.8) is 0 Å². The van der Waals surface area contributed by atoms with Crippen LogP contribution < -0.4 is 10.2 Å². The molecule has 10 nitrogen and oxygen atoms in total. The molecule has 2 saturated heterocycles. The first-order valence-electron chi connectivity index (χ1n) is 11.7. The fraction of sp³-hybridized carbons (Fsp3) is 0.240. The van der Waals surface area contributed by atoms with Gasteiger partial charge < -0.3 is 9.64 Å². The topological polar surface area (TPSA) is 129 Å². The molecular weight excluding hydrogens is 558 g/mol. The van der Waals surface area contributed by atoms with Gasteiger partial charge in [-0.1, -0.05) is 11.6 Å². The highest BCUT2D eigenvalue weighted by Gasteiger charge is 2.61. The lowest BCUT2D eigenvalue weighted by Crippen LogP contribution is -2.69. The van der Waals surface area contributed by atoms with Gasteiger partial charge in [0.2, 0.25) is 10.0 Å². The minimum absolute atomic E-state index is 0.0356. The maximum Gasteiger partial charge on any atom is 0.266 e. The number of piperazine rings is 1. The van der Waals surface area contributed by atoms with E-state index in [1.807, 2.05) is 0 Å². The largest absolute Gasteiger partial charge is 0.451 e. The zero-order valence-corrected chi connectivity index (χ0v) is 21.6. The number of hydrogen-bond donors (Lipinski definition) is 2. The maximum absolute atomic E-state index is 15.0. The van der Waals surface area contributed by atoms with Crippen LogP contribution in [0.25, 0.3) is 0 Å². The molecule has 2 unspecified atom stereocenters. The minimum Gasteiger partial charge on any atom is -0.451 e. The van der Waals surface area contributed by atoms with Crippen LogP contribution >= 0.6 is 11.6 Å². The average molecular weight is 579 g/mol. The molecule has 0 radical (unpaired) electrons. The van der Waals surface area contributed by atoms with Crippen LogP contribution in [0.1, 0.15) is 23.2 Å². The number of amides is 2. The first kappa shape index (κ1) is 26.9. The number of nitrogens with one attached hydrogen (secondary N) is 1. The number of carbonyl (C=O) groups is 2. The molecule has 14 heteroatoms. The summed E-state index contributed by atoms with van der Waals surface area (Å²) in [6, 6.07) is 8.92. The Balaban J connectivity index is 1.50. The Labute approximate surface area is 226 Å². The normalized spacial score (nSPS) is 21.0. The Morgan fingerprint density at radius 1 is 1.10 bits per heavy atom. The average Bonchev–Trinajstić information content (AvgIpc) is 3.19. The molecule has 1 aromatic heterocycles. The molecule has 2 aromatic carbocycles. The molecule has 0 aliphatic carbocycles. The van der Waals surface area contributed by atoms with E-state index in [2.05, 4.69) is 4.98 Å². The monoisotopic (exact) mass is 578 g/mol. The Kier molecular flexibility index (Phi) is 7.01. The summed E-state index contributed by atoms with van der Waals surface area (Å²) in [5, 5.41) is 9.88. The van der Waals surface area contributed by atoms with Crippen molar-refractivity contribution < 1.29 is 36.7 Å². The summed E-state index contributed by atoms with van der Waals surface area (Å²) in [6.07, 6.45) is 2.96. The lowest BCUT2D eigenvalue weighted by Gasteiger charge is -2.46. The fourth-order valence-electron chi connectivity index (χ4n) is 5.10. The highest BCUT2D eigenvalue weighted by molar-refractivity contribution is 7.89. The molecule has 2 bridgehead atoms. The molecule has 2 aliphatic rings. The minimum atomic E-state index is -4.71. The van der Waals surface area contributed by atoms with Gasteiger partial charge in [0.1, 0.15) is 11.3 Å². The number of hydrogen-bond acceptors (Lipinski definition) is 7. The predicted molar refractivity (Wildman–Crippen MR) is 133 cm³/mol. The van der Waals surface area contributed by atoms with Gasteiger partial charge in [-0.05, 0) is 61.4 Å². The second kappa shape index (κ2) is 10.2. The van der Waals surface area contributed by atoms with Crippen molar-refractivity contribution in [1.29, 1.82) is 0 Å². The van der Waals surface area contributed by atoms with E-state index in [1.54, 1.807) is 0 Å². The van der Waals surface area contributed by atoms with Crippen molar-refractivity contribution in [3.05, 3.63) is 83.1 Å². The number of aromatic nitrogens is 1. The second-order valence-electron chi connectivity index (χ2n) is 9.16. The number of benzene rings is 2. The Hall–Kier alpha value is -3.65. The van der Waals surface area contributed by atoms with E-state index >= 15 is 8.78 Å². The summed E-state index contributed by atoms with van der Waals surface area (Å²) in [5.41, 5.74) is -0.135. The van der Waals surface area contributed by atoms with Gasteiger partial charge in [0.05, 0.1) is 4.90 Å². The number of rotatable bonds is 6. The van der Waals surface area contributed by atoms with Gasteiger partial charge in [0.25, 0.3) is 11.8 Å². The van der Waals surface area contributed by atoms with Crippen LogP contribution in [0.15, 0.2) is 65.8 Å². The molecular formula is C25H21ClF2N4O6S. The third-order valence-corrected chi connectivity index (χ3v) is 9.08. The maximum atomic E-state index is 15.0. The molecule has 2 aliphatic heterocycles. The number of hydroxylamine groups is 1. The van der Waals surface area contributed by atoms with Crippen LogP contribution in [0.5, 0.6) is 11.5 Å². The number of ether oxygens (including phenoxy) is 1. The summed E-state index contributed by atoms with van der Waals surface area (Å²) >= 11 is 5.81. The molecule has 2 N–H and O–H groups in total. The first-order valence-corrected chi connectivity index (χ1v) is 13.5. The van der Waals surface area contributed by atoms with Crippen LogP contribution in [0.2, 0.25) is 5.02 Å². The first-order chi connectivity index (χ1) is 18.6. The smallest absolute Gasteiger partial charge is 0.266 e. The summed E-state index contributed by atoms with van der Waals surface area (Å²) in [7, 11) is -4.71.